The Morgan fingerprint density at radius 1 is 1.12 bits per heavy atom. The number of aliphatic imine (C=N–C) groups is 2. The summed E-state index contributed by atoms with van der Waals surface area (Å²) in [6.45, 7) is 10.0. The third-order valence-corrected chi connectivity index (χ3v) is 5.78. The summed E-state index contributed by atoms with van der Waals surface area (Å²) in [6.07, 6.45) is 0. The van der Waals surface area contributed by atoms with Crippen LogP contribution in [-0.2, 0) is 4.79 Å². The highest BCUT2D eigenvalue weighted by molar-refractivity contribution is 7.13. The van der Waals surface area contributed by atoms with Gasteiger partial charge in [0.05, 0.1) is 29.4 Å². The second-order valence-electron chi connectivity index (χ2n) is 7.18. The van der Waals surface area contributed by atoms with E-state index in [2.05, 4.69) is 27.0 Å². The molecule has 0 aliphatic carbocycles. The Balaban J connectivity index is 1.71. The minimum atomic E-state index is -0.499. The van der Waals surface area contributed by atoms with Gasteiger partial charge in [0.15, 0.2) is 11.5 Å². The van der Waals surface area contributed by atoms with Crippen molar-refractivity contribution in [2.24, 2.45) is 9.98 Å². The molecule has 3 aromatic rings. The average molecular weight is 478 g/mol. The molecule has 1 N–H and O–H groups in total. The number of rotatable bonds is 7. The highest BCUT2D eigenvalue weighted by Gasteiger charge is 2.23. The van der Waals surface area contributed by atoms with E-state index in [0.29, 0.717) is 47.5 Å². The van der Waals surface area contributed by atoms with Crippen LogP contribution in [0.25, 0.3) is 10.6 Å². The number of ether oxygens (including phenoxy) is 2. The zero-order valence-electron chi connectivity index (χ0n) is 19.0. The fourth-order valence-corrected chi connectivity index (χ4v) is 3.88. The van der Waals surface area contributed by atoms with Crippen LogP contribution >= 0.6 is 11.3 Å². The van der Waals surface area contributed by atoms with Gasteiger partial charge in [-0.15, -0.1) is 11.3 Å². The van der Waals surface area contributed by atoms with Crippen LogP contribution in [0.2, 0.25) is 0 Å². The molecule has 0 radical (unpaired) electrons. The molecule has 2 aromatic heterocycles. The fraction of sp³-hybridized carbons (Fsp3) is 0.208. The first-order valence-electron chi connectivity index (χ1n) is 10.6. The van der Waals surface area contributed by atoms with E-state index >= 15 is 0 Å². The summed E-state index contributed by atoms with van der Waals surface area (Å²) in [6, 6.07) is 10.5. The summed E-state index contributed by atoms with van der Waals surface area (Å²) in [5.74, 6) is 0.513. The Morgan fingerprint density at radius 2 is 1.88 bits per heavy atom. The van der Waals surface area contributed by atoms with Crippen LogP contribution < -0.4 is 14.8 Å². The summed E-state index contributed by atoms with van der Waals surface area (Å²) in [5.41, 5.74) is 1.64. The molecule has 34 heavy (non-hydrogen) atoms. The van der Waals surface area contributed by atoms with Gasteiger partial charge in [-0.05, 0) is 50.4 Å². The monoisotopic (exact) mass is 477 g/mol. The topological polar surface area (TPSA) is 107 Å². The van der Waals surface area contributed by atoms with Gasteiger partial charge in [0.25, 0.3) is 17.8 Å². The Hall–Kier alpha value is -4.05. The zero-order valence-corrected chi connectivity index (χ0v) is 19.8. The minimum Gasteiger partial charge on any atom is -0.490 e. The molecule has 0 atom stereocenters. The van der Waals surface area contributed by atoms with Gasteiger partial charge < -0.3 is 14.8 Å². The van der Waals surface area contributed by atoms with E-state index in [0.717, 1.165) is 4.88 Å². The average Bonchev–Trinajstić information content (AvgIpc) is 3.49. The Morgan fingerprint density at radius 3 is 2.56 bits per heavy atom. The number of carbonyl (C=O) groups excluding carboxylic acids is 2. The first-order valence-corrected chi connectivity index (χ1v) is 11.5. The number of benzene rings is 1. The van der Waals surface area contributed by atoms with E-state index in [1.165, 1.54) is 16.0 Å². The van der Waals surface area contributed by atoms with Crippen molar-refractivity contribution < 1.29 is 19.1 Å². The lowest BCUT2D eigenvalue weighted by molar-refractivity contribution is -0.113. The molecule has 1 aliphatic heterocycles. The van der Waals surface area contributed by atoms with Gasteiger partial charge in [0.1, 0.15) is 11.5 Å². The van der Waals surface area contributed by atoms with Crippen molar-refractivity contribution in [2.75, 3.05) is 18.5 Å². The predicted octanol–water partition coefficient (Wildman–Crippen LogP) is 4.42. The van der Waals surface area contributed by atoms with Crippen molar-refractivity contribution in [1.29, 1.82) is 0 Å². The quantitative estimate of drug-likeness (QED) is 0.507. The Labute approximate surface area is 200 Å². The molecule has 174 valence electrons. The van der Waals surface area contributed by atoms with Gasteiger partial charge in [-0.2, -0.15) is 14.8 Å². The lowest BCUT2D eigenvalue weighted by Gasteiger charge is -2.14. The van der Waals surface area contributed by atoms with E-state index in [1.807, 2.05) is 31.4 Å². The molecule has 4 rings (SSSR count). The van der Waals surface area contributed by atoms with Crippen molar-refractivity contribution in [3.63, 3.8) is 0 Å². The van der Waals surface area contributed by atoms with Crippen LogP contribution in [0, 0.1) is 0 Å². The third kappa shape index (κ3) is 4.67. The second kappa shape index (κ2) is 9.84. The lowest BCUT2D eigenvalue weighted by Crippen LogP contribution is -2.25. The summed E-state index contributed by atoms with van der Waals surface area (Å²) in [5, 5.41) is 9.33. The molecule has 0 saturated carbocycles. The number of anilines is 1. The number of thiophene rings is 1. The number of hydrogen-bond acceptors (Lipinski definition) is 7. The van der Waals surface area contributed by atoms with E-state index in [4.69, 9.17) is 9.47 Å². The lowest BCUT2D eigenvalue weighted by atomic mass is 10.2. The molecule has 1 aliphatic rings. The molecule has 9 nitrogen and oxygen atoms in total. The highest BCUT2D eigenvalue weighted by atomic mass is 32.1. The second-order valence-corrected chi connectivity index (χ2v) is 8.13. The fourth-order valence-electron chi connectivity index (χ4n) is 3.20. The standard InChI is InChI=1S/C24H23N5O4S/c1-5-32-18-10-9-16(12-19(18)33-6-2)23(31)26-21-13-17(20-8-7-11-34-20)28-29(21)24-25-15(4)14(3)22(30)27-24/h7-13H,3,5-6H2,1-2,4H3,(H,26,31). The molecule has 0 saturated heterocycles. The van der Waals surface area contributed by atoms with Crippen LogP contribution in [0.4, 0.5) is 5.82 Å². The number of nitrogens with zero attached hydrogens (tertiary/aromatic N) is 4. The van der Waals surface area contributed by atoms with Crippen LogP contribution in [0.5, 0.6) is 11.5 Å². The number of aromatic nitrogens is 2. The molecule has 0 spiro atoms. The van der Waals surface area contributed by atoms with E-state index in [1.54, 1.807) is 31.2 Å². The maximum absolute atomic E-state index is 13.1. The van der Waals surface area contributed by atoms with Crippen molar-refractivity contribution >= 4 is 40.6 Å². The number of carbonyl (C=O) groups is 2. The predicted molar refractivity (Wildman–Crippen MR) is 132 cm³/mol. The number of hydrogen-bond donors (Lipinski definition) is 1. The smallest absolute Gasteiger partial charge is 0.281 e. The summed E-state index contributed by atoms with van der Waals surface area (Å²) < 4.78 is 12.6. The molecule has 0 bridgehead atoms. The van der Waals surface area contributed by atoms with Gasteiger partial charge in [0, 0.05) is 11.6 Å². The first-order chi connectivity index (χ1) is 16.4. The van der Waals surface area contributed by atoms with Crippen molar-refractivity contribution in [2.45, 2.75) is 20.8 Å². The molecule has 2 amide bonds. The van der Waals surface area contributed by atoms with Gasteiger partial charge in [-0.1, -0.05) is 12.6 Å². The van der Waals surface area contributed by atoms with Crippen LogP contribution in [0.3, 0.4) is 0 Å². The Kier molecular flexibility index (Phi) is 6.69. The molecule has 10 heteroatoms. The highest BCUT2D eigenvalue weighted by Crippen LogP contribution is 2.30. The number of nitrogens with one attached hydrogen (secondary N) is 1. The molecule has 1 aromatic carbocycles. The van der Waals surface area contributed by atoms with E-state index < -0.39 is 11.8 Å². The summed E-state index contributed by atoms with van der Waals surface area (Å²) in [4.78, 5) is 34.6. The molecule has 3 heterocycles. The molecule has 0 fully saturated rings. The maximum atomic E-state index is 13.1. The van der Waals surface area contributed by atoms with E-state index in [9.17, 15) is 9.59 Å². The summed E-state index contributed by atoms with van der Waals surface area (Å²) >= 11 is 1.50. The largest absolute Gasteiger partial charge is 0.490 e. The normalized spacial score (nSPS) is 13.4. The first kappa shape index (κ1) is 23.1. The molecular formula is C24H23N5O4S. The zero-order chi connectivity index (χ0) is 24.2. The van der Waals surface area contributed by atoms with Crippen molar-refractivity contribution in [3.8, 4) is 22.1 Å². The molecule has 0 unspecified atom stereocenters. The number of amides is 2. The van der Waals surface area contributed by atoms with Crippen LogP contribution in [-0.4, -0.2) is 46.5 Å². The minimum absolute atomic E-state index is 0.0507. The van der Waals surface area contributed by atoms with Crippen LogP contribution in [0.15, 0.2) is 63.9 Å². The van der Waals surface area contributed by atoms with E-state index in [-0.39, 0.29) is 11.5 Å². The van der Waals surface area contributed by atoms with Crippen molar-refractivity contribution in [1.82, 2.24) is 9.78 Å². The SMILES string of the molecule is C=C1C(=O)N=C(n2nc(-c3cccs3)cc2NC(=O)c2ccc(OCC)c(OCC)c2)N=C1C. The summed E-state index contributed by atoms with van der Waals surface area (Å²) in [7, 11) is 0. The Bertz CT molecular complexity index is 1320. The maximum Gasteiger partial charge on any atom is 0.281 e. The van der Waals surface area contributed by atoms with Gasteiger partial charge in [-0.25, -0.2) is 4.99 Å². The van der Waals surface area contributed by atoms with Crippen molar-refractivity contribution in [3.05, 3.63) is 59.5 Å². The van der Waals surface area contributed by atoms with Crippen LogP contribution in [0.1, 0.15) is 31.1 Å². The van der Waals surface area contributed by atoms with Gasteiger partial charge >= 0.3 is 0 Å². The molecular weight excluding hydrogens is 454 g/mol. The van der Waals surface area contributed by atoms with Gasteiger partial charge in [-0.3, -0.25) is 9.59 Å². The third-order valence-electron chi connectivity index (χ3n) is 4.88. The van der Waals surface area contributed by atoms with Gasteiger partial charge in [0.2, 0.25) is 0 Å².